The van der Waals surface area contributed by atoms with Gasteiger partial charge in [0.25, 0.3) is 0 Å². The van der Waals surface area contributed by atoms with Gasteiger partial charge < -0.3 is 4.74 Å². The fourth-order valence-corrected chi connectivity index (χ4v) is 4.30. The summed E-state index contributed by atoms with van der Waals surface area (Å²) in [5.74, 6) is -0.255. The maximum Gasteiger partial charge on any atom is 0.338 e. The summed E-state index contributed by atoms with van der Waals surface area (Å²) in [6.07, 6.45) is 10.2. The molecule has 0 fully saturated rings. The number of benzene rings is 3. The van der Waals surface area contributed by atoms with Crippen molar-refractivity contribution >= 4 is 5.97 Å². The first-order valence-corrected chi connectivity index (χ1v) is 13.1. The van der Waals surface area contributed by atoms with Crippen LogP contribution in [0.5, 0.6) is 0 Å². The minimum absolute atomic E-state index is 0.244. The molecule has 0 heterocycles. The maximum absolute atomic E-state index is 12.8. The van der Waals surface area contributed by atoms with Crippen LogP contribution in [0, 0.1) is 0 Å². The van der Waals surface area contributed by atoms with Crippen LogP contribution in [0.2, 0.25) is 0 Å². The molecule has 2 nitrogen and oxygen atoms in total. The third-order valence-corrected chi connectivity index (χ3v) is 6.52. The lowest BCUT2D eigenvalue weighted by Crippen LogP contribution is -2.11. The molecule has 0 aliphatic rings. The van der Waals surface area contributed by atoms with E-state index >= 15 is 0 Å². The quantitative estimate of drug-likeness (QED) is 0.189. The minimum atomic E-state index is -0.255. The van der Waals surface area contributed by atoms with Crippen LogP contribution in [0.4, 0.5) is 0 Å². The number of hydrogen-bond acceptors (Lipinski definition) is 2. The van der Waals surface area contributed by atoms with Crippen molar-refractivity contribution in [1.29, 1.82) is 0 Å². The second-order valence-electron chi connectivity index (χ2n) is 9.23. The van der Waals surface area contributed by atoms with E-state index in [1.807, 2.05) is 12.1 Å². The van der Waals surface area contributed by atoms with Crippen LogP contribution < -0.4 is 0 Å². The highest BCUT2D eigenvalue weighted by atomic mass is 16.5. The predicted octanol–water partition coefficient (Wildman–Crippen LogP) is 9.13. The van der Waals surface area contributed by atoms with Crippen molar-refractivity contribution in [1.82, 2.24) is 0 Å². The van der Waals surface area contributed by atoms with E-state index in [1.165, 1.54) is 60.8 Å². The highest BCUT2D eigenvalue weighted by molar-refractivity contribution is 5.89. The van der Waals surface area contributed by atoms with Crippen molar-refractivity contribution in [3.05, 3.63) is 95.1 Å². The summed E-state index contributed by atoms with van der Waals surface area (Å²) in [7, 11) is 0. The lowest BCUT2D eigenvalue weighted by molar-refractivity contribution is 0.0288. The Morgan fingerprint density at radius 1 is 0.647 bits per heavy atom. The Balaban J connectivity index is 1.59. The zero-order chi connectivity index (χ0) is 24.2. The zero-order valence-corrected chi connectivity index (χ0v) is 21.2. The molecule has 2 heteroatoms. The minimum Gasteiger partial charge on any atom is -0.454 e. The standard InChI is InChI=1S/C32H40O2/c1-4-7-9-11-25-13-17-27(18-14-25)28-21-23-29(24-22-28)31(6-3)34-32(33)30-19-15-26(16-20-30)12-10-8-5-2/h13-24,31H,4-12H2,1-3H3. The van der Waals surface area contributed by atoms with Crippen LogP contribution in [-0.4, -0.2) is 5.97 Å². The van der Waals surface area contributed by atoms with Crippen LogP contribution in [0.1, 0.15) is 98.9 Å². The number of esters is 1. The third-order valence-electron chi connectivity index (χ3n) is 6.52. The molecule has 0 spiro atoms. The SMILES string of the molecule is CCCCCc1ccc(C(=O)OC(CC)c2ccc(-c3ccc(CCCCC)cc3)cc2)cc1. The highest BCUT2D eigenvalue weighted by Gasteiger charge is 2.16. The van der Waals surface area contributed by atoms with Crippen molar-refractivity contribution in [2.75, 3.05) is 0 Å². The number of unbranched alkanes of at least 4 members (excludes halogenated alkanes) is 4. The van der Waals surface area contributed by atoms with Crippen molar-refractivity contribution in [3.8, 4) is 11.1 Å². The van der Waals surface area contributed by atoms with Crippen molar-refractivity contribution < 1.29 is 9.53 Å². The number of hydrogen-bond donors (Lipinski definition) is 0. The maximum atomic E-state index is 12.8. The van der Waals surface area contributed by atoms with Crippen molar-refractivity contribution in [2.45, 2.75) is 84.7 Å². The van der Waals surface area contributed by atoms with Crippen LogP contribution in [0.15, 0.2) is 72.8 Å². The number of aryl methyl sites for hydroxylation is 2. The summed E-state index contributed by atoms with van der Waals surface area (Å²) in [5.41, 5.74) is 6.74. The van der Waals surface area contributed by atoms with Crippen molar-refractivity contribution in [3.63, 3.8) is 0 Å². The third kappa shape index (κ3) is 7.58. The topological polar surface area (TPSA) is 26.3 Å². The number of carbonyl (C=O) groups excluding carboxylic acids is 1. The predicted molar refractivity (Wildman–Crippen MR) is 143 cm³/mol. The van der Waals surface area contributed by atoms with Crippen LogP contribution in [0.3, 0.4) is 0 Å². The largest absolute Gasteiger partial charge is 0.454 e. The Morgan fingerprint density at radius 3 is 1.59 bits per heavy atom. The first kappa shape index (κ1) is 25.7. The van der Waals surface area contributed by atoms with Gasteiger partial charge in [0.05, 0.1) is 5.56 Å². The molecule has 0 saturated carbocycles. The normalized spacial score (nSPS) is 11.9. The van der Waals surface area contributed by atoms with Gasteiger partial charge in [-0.1, -0.05) is 107 Å². The summed E-state index contributed by atoms with van der Waals surface area (Å²) >= 11 is 0. The Morgan fingerprint density at radius 2 is 1.12 bits per heavy atom. The molecule has 34 heavy (non-hydrogen) atoms. The fraction of sp³-hybridized carbons (Fsp3) is 0.406. The second kappa shape index (κ2) is 13.7. The van der Waals surface area contributed by atoms with Gasteiger partial charge in [-0.3, -0.25) is 0 Å². The summed E-state index contributed by atoms with van der Waals surface area (Å²) in [6, 6.07) is 25.2. The summed E-state index contributed by atoms with van der Waals surface area (Å²) < 4.78 is 5.88. The molecule has 0 amide bonds. The van der Waals surface area contributed by atoms with Crippen LogP contribution >= 0.6 is 0 Å². The van der Waals surface area contributed by atoms with E-state index in [1.54, 1.807) is 0 Å². The molecule has 3 aromatic carbocycles. The molecule has 3 rings (SSSR count). The van der Waals surface area contributed by atoms with Gasteiger partial charge in [-0.05, 0) is 72.1 Å². The molecular weight excluding hydrogens is 416 g/mol. The smallest absolute Gasteiger partial charge is 0.338 e. The molecule has 0 aromatic heterocycles. The number of ether oxygens (including phenoxy) is 1. The number of carbonyl (C=O) groups is 1. The Kier molecular flexibility index (Phi) is 10.4. The Labute approximate surface area is 206 Å². The van der Waals surface area contributed by atoms with Gasteiger partial charge >= 0.3 is 5.97 Å². The average molecular weight is 457 g/mol. The van der Waals surface area contributed by atoms with E-state index in [4.69, 9.17) is 4.74 Å². The van der Waals surface area contributed by atoms with E-state index in [9.17, 15) is 4.79 Å². The fourth-order valence-electron chi connectivity index (χ4n) is 4.30. The zero-order valence-electron chi connectivity index (χ0n) is 21.2. The van der Waals surface area contributed by atoms with Gasteiger partial charge in [-0.25, -0.2) is 4.79 Å². The molecule has 0 bridgehead atoms. The summed E-state index contributed by atoms with van der Waals surface area (Å²) in [6.45, 7) is 6.51. The number of rotatable bonds is 13. The molecule has 0 N–H and O–H groups in total. The summed E-state index contributed by atoms with van der Waals surface area (Å²) in [4.78, 5) is 12.8. The molecule has 180 valence electrons. The van der Waals surface area contributed by atoms with Crippen molar-refractivity contribution in [2.24, 2.45) is 0 Å². The van der Waals surface area contributed by atoms with E-state index in [0.29, 0.717) is 5.56 Å². The van der Waals surface area contributed by atoms with Gasteiger partial charge in [-0.2, -0.15) is 0 Å². The van der Waals surface area contributed by atoms with Gasteiger partial charge in [0.2, 0.25) is 0 Å². The molecule has 1 atom stereocenters. The monoisotopic (exact) mass is 456 g/mol. The van der Waals surface area contributed by atoms with Gasteiger partial charge in [0.1, 0.15) is 6.10 Å². The van der Waals surface area contributed by atoms with Gasteiger partial charge in [-0.15, -0.1) is 0 Å². The highest BCUT2D eigenvalue weighted by Crippen LogP contribution is 2.27. The molecular formula is C32H40O2. The van der Waals surface area contributed by atoms with Gasteiger partial charge in [0.15, 0.2) is 0 Å². The molecule has 0 radical (unpaired) electrons. The van der Waals surface area contributed by atoms with E-state index < -0.39 is 0 Å². The average Bonchev–Trinajstić information content (AvgIpc) is 2.88. The molecule has 1 unspecified atom stereocenters. The second-order valence-corrected chi connectivity index (χ2v) is 9.23. The van der Waals surface area contributed by atoms with E-state index in [-0.39, 0.29) is 12.1 Å². The van der Waals surface area contributed by atoms with E-state index in [2.05, 4.69) is 81.4 Å². The van der Waals surface area contributed by atoms with Crippen LogP contribution in [0.25, 0.3) is 11.1 Å². The first-order chi connectivity index (χ1) is 16.6. The summed E-state index contributed by atoms with van der Waals surface area (Å²) in [5, 5.41) is 0. The molecule has 3 aromatic rings. The Hall–Kier alpha value is -2.87. The van der Waals surface area contributed by atoms with Crippen LogP contribution in [-0.2, 0) is 17.6 Å². The lowest BCUT2D eigenvalue weighted by Gasteiger charge is -2.17. The van der Waals surface area contributed by atoms with E-state index in [0.717, 1.165) is 24.8 Å². The molecule has 0 saturated heterocycles. The lowest BCUT2D eigenvalue weighted by atomic mass is 9.99. The molecule has 0 aliphatic heterocycles. The Bertz CT molecular complexity index is 985. The molecule has 0 aliphatic carbocycles. The van der Waals surface area contributed by atoms with Gasteiger partial charge in [0, 0.05) is 0 Å². The first-order valence-electron chi connectivity index (χ1n) is 13.1.